The first-order chi connectivity index (χ1) is 8.56. The van der Waals surface area contributed by atoms with Gasteiger partial charge in [-0.05, 0) is 46.3 Å². The molecule has 0 spiro atoms. The Kier molecular flexibility index (Phi) is 3.98. The van der Waals surface area contributed by atoms with Crippen molar-refractivity contribution >= 4 is 49.3 Å². The van der Waals surface area contributed by atoms with E-state index >= 15 is 0 Å². The van der Waals surface area contributed by atoms with Gasteiger partial charge in [-0.25, -0.2) is 4.98 Å². The van der Waals surface area contributed by atoms with E-state index in [1.807, 2.05) is 0 Å². The van der Waals surface area contributed by atoms with E-state index in [1.165, 1.54) is 0 Å². The summed E-state index contributed by atoms with van der Waals surface area (Å²) in [5.41, 5.74) is 6.62. The summed E-state index contributed by atoms with van der Waals surface area (Å²) < 4.78 is 1.68. The lowest BCUT2D eigenvalue weighted by atomic mass is 10.1. The van der Waals surface area contributed by atoms with Crippen LogP contribution in [0.2, 0.25) is 0 Å². The van der Waals surface area contributed by atoms with E-state index < -0.39 is 0 Å². The number of hydrogen-bond donors (Lipinski definition) is 2. The smallest absolute Gasteiger partial charge is 0.258 e. The molecule has 0 aliphatic heterocycles. The molecule has 0 fully saturated rings. The second-order valence-electron chi connectivity index (χ2n) is 3.55. The van der Waals surface area contributed by atoms with Crippen LogP contribution in [0.1, 0.15) is 10.4 Å². The van der Waals surface area contributed by atoms with Crippen molar-refractivity contribution in [3.63, 3.8) is 0 Å². The molecule has 92 valence electrons. The van der Waals surface area contributed by atoms with Crippen molar-refractivity contribution in [2.75, 3.05) is 11.1 Å². The van der Waals surface area contributed by atoms with Gasteiger partial charge in [0.05, 0.1) is 5.56 Å². The molecule has 2 rings (SSSR count). The molecule has 0 atom stereocenters. The Bertz CT molecular complexity index is 584. The van der Waals surface area contributed by atoms with Crippen LogP contribution < -0.4 is 11.1 Å². The minimum atomic E-state index is -0.283. The summed E-state index contributed by atoms with van der Waals surface area (Å²) in [6.07, 6.45) is 1.61. The molecular weight excluding hydrogens is 362 g/mol. The number of nitrogen functional groups attached to an aromatic ring is 1. The molecule has 0 bridgehead atoms. The number of hydrogen-bond acceptors (Lipinski definition) is 3. The monoisotopic (exact) mass is 369 g/mol. The molecule has 0 unspecified atom stereocenters. The first-order valence-corrected chi connectivity index (χ1v) is 6.63. The fourth-order valence-corrected chi connectivity index (χ4v) is 1.99. The third kappa shape index (κ3) is 3.08. The Labute approximate surface area is 121 Å². The van der Waals surface area contributed by atoms with E-state index in [2.05, 4.69) is 42.2 Å². The lowest BCUT2D eigenvalue weighted by Crippen LogP contribution is -2.14. The van der Waals surface area contributed by atoms with Gasteiger partial charge < -0.3 is 11.1 Å². The minimum absolute atomic E-state index is 0.283. The van der Waals surface area contributed by atoms with Crippen molar-refractivity contribution in [2.45, 2.75) is 0 Å². The molecular formula is C12H9Br2N3O. The Balaban J connectivity index is 2.19. The average Bonchev–Trinajstić information content (AvgIpc) is 2.32. The zero-order valence-electron chi connectivity index (χ0n) is 9.15. The molecule has 4 nitrogen and oxygen atoms in total. The fourth-order valence-electron chi connectivity index (χ4n) is 1.37. The van der Waals surface area contributed by atoms with Crippen LogP contribution in [0.15, 0.2) is 45.5 Å². The second kappa shape index (κ2) is 5.49. The summed E-state index contributed by atoms with van der Waals surface area (Å²) in [5, 5.41) is 2.68. The number of pyridine rings is 1. The average molecular weight is 371 g/mol. The van der Waals surface area contributed by atoms with Crippen molar-refractivity contribution in [1.82, 2.24) is 4.98 Å². The number of aromatic nitrogens is 1. The van der Waals surface area contributed by atoms with Gasteiger partial charge in [-0.3, -0.25) is 4.79 Å². The Morgan fingerprint density at radius 3 is 2.50 bits per heavy atom. The molecule has 1 aromatic carbocycles. The summed E-state index contributed by atoms with van der Waals surface area (Å²) in [6, 6.07) is 8.61. The summed E-state index contributed by atoms with van der Waals surface area (Å²) >= 11 is 6.57. The van der Waals surface area contributed by atoms with Crippen LogP contribution in [-0.4, -0.2) is 10.9 Å². The van der Waals surface area contributed by atoms with E-state index in [1.54, 1.807) is 36.5 Å². The van der Waals surface area contributed by atoms with Gasteiger partial charge in [-0.15, -0.1) is 0 Å². The Morgan fingerprint density at radius 1 is 1.17 bits per heavy atom. The van der Waals surface area contributed by atoms with Crippen LogP contribution in [0.4, 0.5) is 11.5 Å². The third-order valence-corrected chi connectivity index (χ3v) is 3.19. The highest BCUT2D eigenvalue weighted by Gasteiger charge is 2.10. The molecule has 0 saturated carbocycles. The summed E-state index contributed by atoms with van der Waals surface area (Å²) in [7, 11) is 0. The topological polar surface area (TPSA) is 68.0 Å². The van der Waals surface area contributed by atoms with Crippen LogP contribution >= 0.6 is 31.9 Å². The second-order valence-corrected chi connectivity index (χ2v) is 5.38. The summed E-state index contributed by atoms with van der Waals surface area (Å²) in [6.45, 7) is 0. The number of nitrogens with one attached hydrogen (secondary N) is 1. The van der Waals surface area contributed by atoms with Gasteiger partial charge in [-0.2, -0.15) is 0 Å². The SMILES string of the molecule is Nc1cc(Br)ccc1C(=O)Nc1ccc(Br)cn1. The largest absolute Gasteiger partial charge is 0.398 e. The van der Waals surface area contributed by atoms with E-state index in [9.17, 15) is 4.79 Å². The predicted octanol–water partition coefficient (Wildman–Crippen LogP) is 3.44. The highest BCUT2D eigenvalue weighted by molar-refractivity contribution is 9.10. The number of carbonyl (C=O) groups is 1. The molecule has 0 saturated heterocycles. The highest BCUT2D eigenvalue weighted by Crippen LogP contribution is 2.19. The van der Waals surface area contributed by atoms with Gasteiger partial charge in [-0.1, -0.05) is 15.9 Å². The van der Waals surface area contributed by atoms with Crippen LogP contribution in [-0.2, 0) is 0 Å². The first kappa shape index (κ1) is 13.0. The van der Waals surface area contributed by atoms with Gasteiger partial charge >= 0.3 is 0 Å². The molecule has 1 heterocycles. The van der Waals surface area contributed by atoms with E-state index in [0.29, 0.717) is 17.1 Å². The van der Waals surface area contributed by atoms with Gasteiger partial charge in [0.25, 0.3) is 5.91 Å². The number of nitrogens with two attached hydrogens (primary N) is 1. The van der Waals surface area contributed by atoms with Crippen molar-refractivity contribution < 1.29 is 4.79 Å². The number of anilines is 2. The molecule has 1 aromatic heterocycles. The number of nitrogens with zero attached hydrogens (tertiary/aromatic N) is 1. The molecule has 6 heteroatoms. The zero-order chi connectivity index (χ0) is 13.1. The van der Waals surface area contributed by atoms with Gasteiger partial charge in [0, 0.05) is 20.8 Å². The summed E-state index contributed by atoms with van der Waals surface area (Å²) in [4.78, 5) is 16.0. The molecule has 3 N–H and O–H groups in total. The van der Waals surface area contributed by atoms with Crippen molar-refractivity contribution in [2.24, 2.45) is 0 Å². The van der Waals surface area contributed by atoms with E-state index in [0.717, 1.165) is 8.95 Å². The third-order valence-electron chi connectivity index (χ3n) is 2.23. The van der Waals surface area contributed by atoms with Crippen molar-refractivity contribution in [3.05, 3.63) is 51.0 Å². The quantitative estimate of drug-likeness (QED) is 0.795. The normalized spacial score (nSPS) is 10.1. The Morgan fingerprint density at radius 2 is 1.89 bits per heavy atom. The first-order valence-electron chi connectivity index (χ1n) is 5.04. The number of halogens is 2. The lowest BCUT2D eigenvalue weighted by Gasteiger charge is -2.07. The standard InChI is InChI=1S/C12H9Br2N3O/c13-7-1-3-9(10(15)5-7)12(18)17-11-4-2-8(14)6-16-11/h1-6H,15H2,(H,16,17,18). The van der Waals surface area contributed by atoms with E-state index in [-0.39, 0.29) is 5.91 Å². The number of rotatable bonds is 2. The maximum atomic E-state index is 12.0. The van der Waals surface area contributed by atoms with Crippen LogP contribution in [0.3, 0.4) is 0 Å². The molecule has 0 aliphatic rings. The van der Waals surface area contributed by atoms with Crippen LogP contribution in [0.5, 0.6) is 0 Å². The maximum absolute atomic E-state index is 12.0. The molecule has 0 aliphatic carbocycles. The predicted molar refractivity (Wildman–Crippen MR) is 78.4 cm³/mol. The number of benzene rings is 1. The molecule has 1 amide bonds. The number of carbonyl (C=O) groups excluding carboxylic acids is 1. The molecule has 18 heavy (non-hydrogen) atoms. The van der Waals surface area contributed by atoms with Crippen molar-refractivity contribution in [3.8, 4) is 0 Å². The fraction of sp³-hybridized carbons (Fsp3) is 0. The maximum Gasteiger partial charge on any atom is 0.258 e. The lowest BCUT2D eigenvalue weighted by molar-refractivity contribution is 0.102. The summed E-state index contributed by atoms with van der Waals surface area (Å²) in [5.74, 6) is 0.195. The van der Waals surface area contributed by atoms with Crippen molar-refractivity contribution in [1.29, 1.82) is 0 Å². The zero-order valence-corrected chi connectivity index (χ0v) is 12.3. The van der Waals surface area contributed by atoms with Crippen LogP contribution in [0.25, 0.3) is 0 Å². The van der Waals surface area contributed by atoms with Gasteiger partial charge in [0.1, 0.15) is 5.82 Å². The van der Waals surface area contributed by atoms with E-state index in [4.69, 9.17) is 5.73 Å². The Hall–Kier alpha value is -1.40. The van der Waals surface area contributed by atoms with Gasteiger partial charge in [0.15, 0.2) is 0 Å². The number of amides is 1. The highest BCUT2D eigenvalue weighted by atomic mass is 79.9. The minimum Gasteiger partial charge on any atom is -0.398 e. The van der Waals surface area contributed by atoms with Crippen LogP contribution in [0, 0.1) is 0 Å². The molecule has 2 aromatic rings. The van der Waals surface area contributed by atoms with Gasteiger partial charge in [0.2, 0.25) is 0 Å². The molecule has 0 radical (unpaired) electrons.